The fourth-order valence-electron chi connectivity index (χ4n) is 1.19. The number of carbonyl (C=O) groups is 1. The van der Waals surface area contributed by atoms with Gasteiger partial charge in [-0.25, -0.2) is 0 Å². The Morgan fingerprint density at radius 2 is 1.68 bits per heavy atom. The van der Waals surface area contributed by atoms with Crippen LogP contribution in [0.25, 0.3) is 0 Å². The van der Waals surface area contributed by atoms with Gasteiger partial charge in [0.25, 0.3) is 0 Å². The fourth-order valence-corrected chi connectivity index (χ4v) is 1.19. The van der Waals surface area contributed by atoms with Gasteiger partial charge in [0, 0.05) is 0 Å². The molecule has 3 nitrogen and oxygen atoms in total. The Bertz CT molecular complexity index is 492. The number of nitriles is 1. The van der Waals surface area contributed by atoms with Gasteiger partial charge >= 0.3 is 18.0 Å². The minimum Gasteiger partial charge on any atom is -0.331 e. The van der Waals surface area contributed by atoms with Crippen LogP contribution in [0.5, 0.6) is 0 Å². The summed E-state index contributed by atoms with van der Waals surface area (Å²) in [7, 11) is 0. The zero-order valence-corrected chi connectivity index (χ0v) is 9.21. The van der Waals surface area contributed by atoms with Crippen LogP contribution in [0.15, 0.2) is 30.3 Å². The molecule has 0 fully saturated rings. The third-order valence-corrected chi connectivity index (χ3v) is 2.18. The molecule has 0 aliphatic rings. The molecule has 102 valence electrons. The Morgan fingerprint density at radius 1 is 1.16 bits per heavy atom. The summed E-state index contributed by atoms with van der Waals surface area (Å²) in [5.41, 5.74) is 0.108. The average Bonchev–Trinajstić information content (AvgIpc) is 2.35. The van der Waals surface area contributed by atoms with Crippen LogP contribution >= 0.6 is 0 Å². The monoisotopic (exact) mass is 278 g/mol. The summed E-state index contributed by atoms with van der Waals surface area (Å²) in [6, 6.07) is 6.96. The van der Waals surface area contributed by atoms with Crippen molar-refractivity contribution in [2.75, 3.05) is 0 Å². The number of hydrogen-bond donors (Lipinski definition) is 1. The first-order chi connectivity index (χ1) is 8.70. The predicted molar refractivity (Wildman–Crippen MR) is 53.9 cm³/mol. The summed E-state index contributed by atoms with van der Waals surface area (Å²) in [6.07, 6.45) is -6.01. The van der Waals surface area contributed by atoms with Gasteiger partial charge in [0.1, 0.15) is 6.04 Å². The van der Waals surface area contributed by atoms with E-state index in [0.717, 1.165) is 0 Å². The molecule has 1 aromatic carbocycles. The maximum Gasteiger partial charge on any atom is 0.463 e. The second-order valence-electron chi connectivity index (χ2n) is 3.52. The lowest BCUT2D eigenvalue weighted by molar-refractivity contribution is -0.269. The highest BCUT2D eigenvalue weighted by Crippen LogP contribution is 2.35. The van der Waals surface area contributed by atoms with Gasteiger partial charge < -0.3 is 5.32 Å². The van der Waals surface area contributed by atoms with Gasteiger partial charge in [-0.05, 0) is 5.56 Å². The molecule has 0 heterocycles. The molecule has 0 spiro atoms. The molecule has 8 heteroatoms. The Kier molecular flexibility index (Phi) is 4.09. The molecule has 1 atom stereocenters. The normalized spacial score (nSPS) is 13.5. The van der Waals surface area contributed by atoms with E-state index in [4.69, 9.17) is 5.26 Å². The molecule has 19 heavy (non-hydrogen) atoms. The van der Waals surface area contributed by atoms with Gasteiger partial charge in [0.05, 0.1) is 6.07 Å². The molecule has 0 saturated heterocycles. The van der Waals surface area contributed by atoms with Crippen molar-refractivity contribution in [3.8, 4) is 6.07 Å². The van der Waals surface area contributed by atoms with E-state index in [9.17, 15) is 26.7 Å². The SMILES string of the molecule is N#CC(NC(=O)C(F)(F)C(F)(F)F)c1ccccc1. The highest BCUT2D eigenvalue weighted by molar-refractivity contribution is 5.85. The van der Waals surface area contributed by atoms with Crippen LogP contribution in [0.4, 0.5) is 22.0 Å². The van der Waals surface area contributed by atoms with Gasteiger partial charge in [0.15, 0.2) is 0 Å². The zero-order chi connectivity index (χ0) is 14.7. The maximum absolute atomic E-state index is 12.7. The van der Waals surface area contributed by atoms with Crippen molar-refractivity contribution in [2.45, 2.75) is 18.1 Å². The van der Waals surface area contributed by atoms with Crippen molar-refractivity contribution in [3.05, 3.63) is 35.9 Å². The summed E-state index contributed by atoms with van der Waals surface area (Å²) >= 11 is 0. The van der Waals surface area contributed by atoms with E-state index >= 15 is 0 Å². The summed E-state index contributed by atoms with van der Waals surface area (Å²) in [5, 5.41) is 10.1. The number of hydrogen-bond acceptors (Lipinski definition) is 2. The molecule has 0 aromatic heterocycles. The Balaban J connectivity index is 2.90. The van der Waals surface area contributed by atoms with Crippen LogP contribution in [-0.2, 0) is 4.79 Å². The lowest BCUT2D eigenvalue weighted by Crippen LogP contribution is -2.51. The highest BCUT2D eigenvalue weighted by Gasteiger charge is 2.63. The Labute approximate surface area is 104 Å². The van der Waals surface area contributed by atoms with Crippen molar-refractivity contribution in [1.82, 2.24) is 5.32 Å². The number of amides is 1. The first-order valence-corrected chi connectivity index (χ1v) is 4.90. The number of benzene rings is 1. The van der Waals surface area contributed by atoms with Crippen LogP contribution in [0, 0.1) is 11.3 Å². The minimum absolute atomic E-state index is 0.108. The molecule has 0 saturated carbocycles. The van der Waals surface area contributed by atoms with E-state index in [2.05, 4.69) is 0 Å². The molecule has 0 aliphatic carbocycles. The van der Waals surface area contributed by atoms with E-state index < -0.39 is 24.0 Å². The summed E-state index contributed by atoms with van der Waals surface area (Å²) in [5.74, 6) is -8.10. The van der Waals surface area contributed by atoms with Crippen LogP contribution in [0.3, 0.4) is 0 Å². The highest BCUT2D eigenvalue weighted by atomic mass is 19.4. The summed E-state index contributed by atoms with van der Waals surface area (Å²) in [4.78, 5) is 10.9. The van der Waals surface area contributed by atoms with E-state index in [-0.39, 0.29) is 5.56 Å². The molecule has 1 unspecified atom stereocenters. The second kappa shape index (κ2) is 5.22. The summed E-state index contributed by atoms with van der Waals surface area (Å²) in [6.45, 7) is 0. The van der Waals surface area contributed by atoms with Crippen molar-refractivity contribution in [2.24, 2.45) is 0 Å². The van der Waals surface area contributed by atoms with Gasteiger partial charge in [-0.2, -0.15) is 27.2 Å². The molecule has 1 aromatic rings. The molecular weight excluding hydrogens is 271 g/mol. The fraction of sp³-hybridized carbons (Fsp3) is 0.273. The first-order valence-electron chi connectivity index (χ1n) is 4.90. The Morgan fingerprint density at radius 3 is 2.11 bits per heavy atom. The van der Waals surface area contributed by atoms with Gasteiger partial charge in [-0.1, -0.05) is 30.3 Å². The molecule has 0 radical (unpaired) electrons. The summed E-state index contributed by atoms with van der Waals surface area (Å²) < 4.78 is 61.2. The third kappa shape index (κ3) is 3.19. The topological polar surface area (TPSA) is 52.9 Å². The number of carbonyl (C=O) groups excluding carboxylic acids is 1. The van der Waals surface area contributed by atoms with Gasteiger partial charge in [0.2, 0.25) is 0 Å². The average molecular weight is 278 g/mol. The van der Waals surface area contributed by atoms with Gasteiger partial charge in [-0.3, -0.25) is 4.79 Å². The number of halogens is 5. The number of nitrogens with one attached hydrogen (secondary N) is 1. The van der Waals surface area contributed by atoms with Crippen molar-refractivity contribution in [3.63, 3.8) is 0 Å². The standard InChI is InChI=1S/C11H7F5N2O/c12-10(13,11(14,15)16)9(19)18-8(6-17)7-4-2-1-3-5-7/h1-5,8H,(H,18,19). The lowest BCUT2D eigenvalue weighted by Gasteiger charge is -2.20. The van der Waals surface area contributed by atoms with Crippen molar-refractivity contribution < 1.29 is 26.7 Å². The van der Waals surface area contributed by atoms with Gasteiger partial charge in [-0.15, -0.1) is 0 Å². The second-order valence-corrected chi connectivity index (χ2v) is 3.52. The smallest absolute Gasteiger partial charge is 0.331 e. The molecule has 1 N–H and O–H groups in total. The number of alkyl halides is 5. The van der Waals surface area contributed by atoms with Crippen LogP contribution < -0.4 is 5.32 Å². The predicted octanol–water partition coefficient (Wildman–Crippen LogP) is 2.57. The minimum atomic E-state index is -6.01. The van der Waals surface area contributed by atoms with E-state index in [1.165, 1.54) is 35.7 Å². The number of nitrogens with zero attached hydrogens (tertiary/aromatic N) is 1. The molecule has 0 aliphatic heterocycles. The number of rotatable bonds is 3. The molecule has 1 amide bonds. The van der Waals surface area contributed by atoms with Crippen molar-refractivity contribution >= 4 is 5.91 Å². The quantitative estimate of drug-likeness (QED) is 0.864. The van der Waals surface area contributed by atoms with Crippen LogP contribution in [0.1, 0.15) is 11.6 Å². The van der Waals surface area contributed by atoms with E-state index in [0.29, 0.717) is 0 Å². The lowest BCUT2D eigenvalue weighted by atomic mass is 10.1. The molecule has 0 bridgehead atoms. The van der Waals surface area contributed by atoms with E-state index in [1.807, 2.05) is 0 Å². The largest absolute Gasteiger partial charge is 0.463 e. The maximum atomic E-state index is 12.7. The Hall–Kier alpha value is -2.17. The zero-order valence-electron chi connectivity index (χ0n) is 9.21. The third-order valence-electron chi connectivity index (χ3n) is 2.18. The van der Waals surface area contributed by atoms with Crippen LogP contribution in [-0.4, -0.2) is 18.0 Å². The first kappa shape index (κ1) is 14.9. The molecular formula is C11H7F5N2O. The van der Waals surface area contributed by atoms with Crippen LogP contribution in [0.2, 0.25) is 0 Å². The van der Waals surface area contributed by atoms with E-state index in [1.54, 1.807) is 6.07 Å². The molecule has 1 rings (SSSR count). The van der Waals surface area contributed by atoms with Crippen molar-refractivity contribution in [1.29, 1.82) is 5.26 Å².